The quantitative estimate of drug-likeness (QED) is 0.377. The molecule has 8 heteroatoms. The summed E-state index contributed by atoms with van der Waals surface area (Å²) in [6.45, 7) is 11.5. The van der Waals surface area contributed by atoms with Gasteiger partial charge in [0.05, 0.1) is 6.54 Å². The molecule has 2 aliphatic rings. The largest absolute Gasteiger partial charge is 0.357 e. The van der Waals surface area contributed by atoms with Crippen LogP contribution in [0.25, 0.3) is 0 Å². The molecular weight excluding hydrogens is 453 g/mol. The van der Waals surface area contributed by atoms with Crippen molar-refractivity contribution >= 4 is 29.9 Å². The van der Waals surface area contributed by atoms with E-state index in [2.05, 4.69) is 58.1 Å². The van der Waals surface area contributed by atoms with Gasteiger partial charge in [0.25, 0.3) is 0 Å². The third-order valence-corrected chi connectivity index (χ3v) is 5.31. The van der Waals surface area contributed by atoms with E-state index in [1.165, 1.54) is 19.4 Å². The van der Waals surface area contributed by atoms with Gasteiger partial charge in [-0.25, -0.2) is 9.67 Å². The van der Waals surface area contributed by atoms with Crippen LogP contribution in [0.1, 0.15) is 57.6 Å². The van der Waals surface area contributed by atoms with Crippen molar-refractivity contribution in [1.29, 1.82) is 0 Å². The Morgan fingerprint density at radius 3 is 2.81 bits per heavy atom. The molecule has 1 fully saturated rings. The van der Waals surface area contributed by atoms with E-state index in [4.69, 9.17) is 4.99 Å². The van der Waals surface area contributed by atoms with Crippen LogP contribution in [-0.4, -0.2) is 64.9 Å². The van der Waals surface area contributed by atoms with Gasteiger partial charge in [0.2, 0.25) is 0 Å². The van der Waals surface area contributed by atoms with Crippen molar-refractivity contribution in [1.82, 2.24) is 30.3 Å². The molecule has 3 rings (SSSR count). The molecule has 1 saturated heterocycles. The normalized spacial score (nSPS) is 23.7. The van der Waals surface area contributed by atoms with E-state index in [1.54, 1.807) is 0 Å². The molecule has 0 saturated carbocycles. The Morgan fingerprint density at radius 2 is 2.11 bits per heavy atom. The average molecular weight is 489 g/mol. The molecule has 2 unspecified atom stereocenters. The van der Waals surface area contributed by atoms with Gasteiger partial charge >= 0.3 is 0 Å². The van der Waals surface area contributed by atoms with Crippen LogP contribution in [0.15, 0.2) is 4.99 Å². The number of aromatic nitrogens is 3. The minimum Gasteiger partial charge on any atom is -0.357 e. The number of guanidine groups is 1. The fraction of sp³-hybridized carbons (Fsp3) is 0.842. The van der Waals surface area contributed by atoms with Crippen LogP contribution >= 0.6 is 24.0 Å². The molecule has 154 valence electrons. The third-order valence-electron chi connectivity index (χ3n) is 5.31. The summed E-state index contributed by atoms with van der Waals surface area (Å²) in [4.78, 5) is 12.0. The number of nitrogens with one attached hydrogen (secondary N) is 2. The lowest BCUT2D eigenvalue weighted by Crippen LogP contribution is -2.47. The molecular formula is C19H36IN7. The molecule has 0 aromatic carbocycles. The van der Waals surface area contributed by atoms with Gasteiger partial charge in [-0.2, -0.15) is 5.10 Å². The Morgan fingerprint density at radius 1 is 1.30 bits per heavy atom. The first kappa shape index (κ1) is 22.4. The number of rotatable bonds is 5. The fourth-order valence-corrected chi connectivity index (χ4v) is 3.85. The smallest absolute Gasteiger partial charge is 0.191 e. The zero-order chi connectivity index (χ0) is 18.5. The van der Waals surface area contributed by atoms with Crippen LogP contribution in [0.3, 0.4) is 0 Å². The van der Waals surface area contributed by atoms with Crippen molar-refractivity contribution in [3.63, 3.8) is 0 Å². The molecule has 3 heterocycles. The van der Waals surface area contributed by atoms with Gasteiger partial charge in [-0.1, -0.05) is 13.8 Å². The summed E-state index contributed by atoms with van der Waals surface area (Å²) in [6.07, 6.45) is 4.63. The zero-order valence-corrected chi connectivity index (χ0v) is 19.6. The van der Waals surface area contributed by atoms with E-state index in [-0.39, 0.29) is 24.0 Å². The lowest BCUT2D eigenvalue weighted by molar-refractivity contribution is 0.214. The number of aryl methyl sites for hydroxylation is 1. The Labute approximate surface area is 180 Å². The number of hydrogen-bond donors (Lipinski definition) is 2. The maximum atomic E-state index is 4.88. The topological polar surface area (TPSA) is 70.4 Å². The molecule has 27 heavy (non-hydrogen) atoms. The maximum Gasteiger partial charge on any atom is 0.191 e. The van der Waals surface area contributed by atoms with E-state index in [0.717, 1.165) is 56.6 Å². The lowest BCUT2D eigenvalue weighted by Gasteiger charge is -2.29. The molecule has 2 N–H and O–H groups in total. The highest BCUT2D eigenvalue weighted by Gasteiger charge is 2.23. The van der Waals surface area contributed by atoms with E-state index in [9.17, 15) is 0 Å². The number of aliphatic imine (C=N–C) groups is 1. The second-order valence-electron chi connectivity index (χ2n) is 8.09. The zero-order valence-electron chi connectivity index (χ0n) is 17.2. The van der Waals surface area contributed by atoms with Crippen LogP contribution in [0.5, 0.6) is 0 Å². The molecule has 0 amide bonds. The maximum absolute atomic E-state index is 4.88. The molecule has 7 nitrogen and oxygen atoms in total. The van der Waals surface area contributed by atoms with Crippen molar-refractivity contribution in [3.8, 4) is 0 Å². The molecule has 0 aliphatic carbocycles. The number of nitrogens with zero attached hydrogens (tertiary/aromatic N) is 5. The minimum absolute atomic E-state index is 0. The predicted molar refractivity (Wildman–Crippen MR) is 121 cm³/mol. The third kappa shape index (κ3) is 6.30. The van der Waals surface area contributed by atoms with Gasteiger partial charge in [0, 0.05) is 38.0 Å². The van der Waals surface area contributed by atoms with Crippen LogP contribution in [0.2, 0.25) is 0 Å². The summed E-state index contributed by atoms with van der Waals surface area (Å²) in [7, 11) is 2.21. The van der Waals surface area contributed by atoms with Gasteiger partial charge in [0.1, 0.15) is 5.82 Å². The number of halogens is 1. The van der Waals surface area contributed by atoms with Crippen molar-refractivity contribution in [3.05, 3.63) is 11.6 Å². The number of hydrogen-bond acceptors (Lipinski definition) is 4. The molecule has 2 aliphatic heterocycles. The highest BCUT2D eigenvalue weighted by molar-refractivity contribution is 14.0. The lowest BCUT2D eigenvalue weighted by atomic mass is 9.99. The van der Waals surface area contributed by atoms with Crippen LogP contribution < -0.4 is 10.6 Å². The monoisotopic (exact) mass is 489 g/mol. The van der Waals surface area contributed by atoms with Crippen LogP contribution in [-0.2, 0) is 13.0 Å². The van der Waals surface area contributed by atoms with E-state index < -0.39 is 0 Å². The van der Waals surface area contributed by atoms with Gasteiger partial charge in [-0.15, -0.1) is 24.0 Å². The number of piperidine rings is 1. The van der Waals surface area contributed by atoms with Crippen molar-refractivity contribution in [2.75, 3.05) is 33.2 Å². The van der Waals surface area contributed by atoms with E-state index in [0.29, 0.717) is 17.9 Å². The number of likely N-dealkylation sites (tertiary alicyclic amines) is 1. The van der Waals surface area contributed by atoms with Crippen molar-refractivity contribution in [2.45, 2.75) is 65.0 Å². The van der Waals surface area contributed by atoms with Crippen LogP contribution in [0, 0.1) is 5.92 Å². The Bertz CT molecular complexity index is 613. The highest BCUT2D eigenvalue weighted by Crippen LogP contribution is 2.17. The van der Waals surface area contributed by atoms with Gasteiger partial charge in [-0.05, 0) is 45.7 Å². The first-order chi connectivity index (χ1) is 12.5. The predicted octanol–water partition coefficient (Wildman–Crippen LogP) is 2.23. The summed E-state index contributed by atoms with van der Waals surface area (Å²) in [5, 5.41) is 11.7. The summed E-state index contributed by atoms with van der Waals surface area (Å²) in [5.41, 5.74) is 0. The highest BCUT2D eigenvalue weighted by atomic mass is 127. The molecule has 1 aromatic heterocycles. The molecule has 0 spiro atoms. The van der Waals surface area contributed by atoms with E-state index in [1.807, 2.05) is 0 Å². The summed E-state index contributed by atoms with van der Waals surface area (Å²) in [6, 6.07) is 0.357. The van der Waals surface area contributed by atoms with E-state index >= 15 is 0 Å². The fourth-order valence-electron chi connectivity index (χ4n) is 3.85. The SMILES string of the molecule is CCNC(=NCC1CCCN(C)C1)NC1CCc2nc(C(C)C)nn2C1.I. The van der Waals surface area contributed by atoms with Crippen LogP contribution in [0.4, 0.5) is 0 Å². The Hall–Kier alpha value is -0.900. The Balaban J connectivity index is 0.00000261. The van der Waals surface area contributed by atoms with Gasteiger partial charge in [0.15, 0.2) is 11.8 Å². The molecule has 2 atom stereocenters. The van der Waals surface area contributed by atoms with Gasteiger partial charge < -0.3 is 15.5 Å². The number of fused-ring (bicyclic) bond motifs is 1. The Kier molecular flexibility index (Phi) is 8.78. The molecule has 0 radical (unpaired) electrons. The average Bonchev–Trinajstić information content (AvgIpc) is 3.04. The standard InChI is InChI=1S/C19H35N7.HI/c1-5-20-19(21-11-15-7-6-10-25(4)12-15)22-16-8-9-17-23-18(14(2)3)24-26(17)13-16;/h14-16H,5-13H2,1-4H3,(H2,20,21,22);1H. The summed E-state index contributed by atoms with van der Waals surface area (Å²) >= 11 is 0. The van der Waals surface area contributed by atoms with Gasteiger partial charge in [-0.3, -0.25) is 4.99 Å². The molecule has 1 aromatic rings. The second kappa shape index (κ2) is 10.6. The summed E-state index contributed by atoms with van der Waals surface area (Å²) in [5.74, 6) is 4.08. The first-order valence-electron chi connectivity index (χ1n) is 10.2. The minimum atomic E-state index is 0. The van der Waals surface area contributed by atoms with Crippen molar-refractivity contribution in [2.24, 2.45) is 10.9 Å². The second-order valence-corrected chi connectivity index (χ2v) is 8.09. The first-order valence-corrected chi connectivity index (χ1v) is 10.2. The molecule has 0 bridgehead atoms. The van der Waals surface area contributed by atoms with Crippen molar-refractivity contribution < 1.29 is 0 Å². The summed E-state index contributed by atoms with van der Waals surface area (Å²) < 4.78 is 2.08.